The number of rotatable bonds is 3. The van der Waals surface area contributed by atoms with Crippen molar-refractivity contribution in [1.29, 1.82) is 0 Å². The first kappa shape index (κ1) is 18.4. The molecule has 7 nitrogen and oxygen atoms in total. The van der Waals surface area contributed by atoms with Gasteiger partial charge in [-0.3, -0.25) is 29.8 Å². The molecule has 1 aliphatic rings. The molecule has 0 spiro atoms. The van der Waals surface area contributed by atoms with E-state index in [0.29, 0.717) is 15.9 Å². The van der Waals surface area contributed by atoms with E-state index < -0.39 is 5.91 Å². The van der Waals surface area contributed by atoms with Gasteiger partial charge in [0.1, 0.15) is 6.54 Å². The zero-order chi connectivity index (χ0) is 19.5. The third-order valence-electron chi connectivity index (χ3n) is 4.84. The highest BCUT2D eigenvalue weighted by Gasteiger charge is 2.17. The molecule has 0 unspecified atom stereocenters. The summed E-state index contributed by atoms with van der Waals surface area (Å²) < 4.78 is 1.33. The highest BCUT2D eigenvalue weighted by molar-refractivity contribution is 7.14. The number of hydrogen-bond donors (Lipinski definition) is 2. The molecular weight excluding hydrogens is 376 g/mol. The van der Waals surface area contributed by atoms with Gasteiger partial charge < -0.3 is 0 Å². The number of fused-ring (bicyclic) bond motifs is 2. The number of carbonyl (C=O) groups is 2. The minimum absolute atomic E-state index is 0.205. The molecule has 2 amide bonds. The quantitative estimate of drug-likeness (QED) is 0.524. The van der Waals surface area contributed by atoms with Crippen LogP contribution < -0.4 is 16.4 Å². The van der Waals surface area contributed by atoms with E-state index in [1.165, 1.54) is 39.0 Å². The lowest BCUT2D eigenvalue weighted by molar-refractivity contribution is -0.122. The zero-order valence-corrected chi connectivity index (χ0v) is 16.1. The van der Waals surface area contributed by atoms with Crippen molar-refractivity contribution in [2.24, 2.45) is 0 Å². The van der Waals surface area contributed by atoms with Crippen molar-refractivity contribution in [3.63, 3.8) is 0 Å². The number of nitrogens with zero attached hydrogens (tertiary/aromatic N) is 2. The van der Waals surface area contributed by atoms with Crippen LogP contribution in [0.5, 0.6) is 0 Å². The molecule has 2 N–H and O–H groups in total. The molecule has 2 heterocycles. The summed E-state index contributed by atoms with van der Waals surface area (Å²) in [6.45, 7) is -0.205. The largest absolute Gasteiger partial charge is 0.296 e. The molecule has 2 aromatic heterocycles. The highest BCUT2D eigenvalue weighted by Crippen LogP contribution is 2.28. The summed E-state index contributed by atoms with van der Waals surface area (Å²) in [4.78, 5) is 42.7. The highest BCUT2D eigenvalue weighted by atomic mass is 32.1. The Labute approximate surface area is 165 Å². The van der Waals surface area contributed by atoms with Crippen LogP contribution in [-0.4, -0.2) is 21.4 Å². The molecule has 0 atom stereocenters. The maximum Gasteiger partial charge on any atom is 0.279 e. The first-order valence-electron chi connectivity index (χ1n) is 9.27. The van der Waals surface area contributed by atoms with Crippen molar-refractivity contribution in [3.05, 3.63) is 62.2 Å². The first-order valence-corrected chi connectivity index (χ1v) is 10.1. The fourth-order valence-corrected chi connectivity index (χ4v) is 4.58. The zero-order valence-electron chi connectivity index (χ0n) is 15.2. The van der Waals surface area contributed by atoms with E-state index in [1.807, 2.05) is 12.1 Å². The van der Waals surface area contributed by atoms with Gasteiger partial charge in [-0.1, -0.05) is 18.6 Å². The van der Waals surface area contributed by atoms with Gasteiger partial charge in [0.2, 0.25) is 0 Å². The van der Waals surface area contributed by atoms with Crippen LogP contribution in [0, 0.1) is 0 Å². The smallest absolute Gasteiger partial charge is 0.279 e. The number of thiophene rings is 1. The second kappa shape index (κ2) is 7.93. The molecule has 1 aliphatic carbocycles. The third kappa shape index (κ3) is 3.82. The molecular formula is C20H20N4O3S. The first-order chi connectivity index (χ1) is 13.6. The number of benzene rings is 1. The van der Waals surface area contributed by atoms with E-state index in [-0.39, 0.29) is 18.0 Å². The van der Waals surface area contributed by atoms with E-state index in [0.717, 1.165) is 25.7 Å². The van der Waals surface area contributed by atoms with E-state index in [2.05, 4.69) is 15.8 Å². The van der Waals surface area contributed by atoms with Gasteiger partial charge in [0.05, 0.1) is 22.1 Å². The SMILES string of the molecule is O=C(Cn1c(=O)cnc2ccccc21)NNC(=O)c1cc2c(s1)CCCCC2. The van der Waals surface area contributed by atoms with E-state index in [4.69, 9.17) is 0 Å². The summed E-state index contributed by atoms with van der Waals surface area (Å²) in [6, 6.07) is 9.02. The Kier molecular flexibility index (Phi) is 5.21. The minimum atomic E-state index is -0.482. The molecule has 3 aromatic rings. The molecule has 0 radical (unpaired) electrons. The van der Waals surface area contributed by atoms with Crippen LogP contribution in [-0.2, 0) is 24.2 Å². The van der Waals surface area contributed by atoms with Crippen LogP contribution in [0.1, 0.15) is 39.4 Å². The topological polar surface area (TPSA) is 93.1 Å². The number of nitrogens with one attached hydrogen (secondary N) is 2. The maximum absolute atomic E-state index is 12.4. The lowest BCUT2D eigenvalue weighted by atomic mass is 10.1. The van der Waals surface area contributed by atoms with Gasteiger partial charge in [-0.25, -0.2) is 4.98 Å². The predicted molar refractivity (Wildman–Crippen MR) is 107 cm³/mol. The monoisotopic (exact) mass is 396 g/mol. The minimum Gasteiger partial charge on any atom is -0.296 e. The Balaban J connectivity index is 1.42. The van der Waals surface area contributed by atoms with E-state index >= 15 is 0 Å². The molecule has 1 aromatic carbocycles. The van der Waals surface area contributed by atoms with Crippen molar-refractivity contribution in [2.75, 3.05) is 0 Å². The molecule has 0 fully saturated rings. The van der Waals surface area contributed by atoms with Crippen LogP contribution in [0.25, 0.3) is 11.0 Å². The van der Waals surface area contributed by atoms with Gasteiger partial charge in [-0.2, -0.15) is 0 Å². The number of carbonyl (C=O) groups excluding carboxylic acids is 2. The van der Waals surface area contributed by atoms with Crippen molar-refractivity contribution < 1.29 is 9.59 Å². The molecule has 28 heavy (non-hydrogen) atoms. The van der Waals surface area contributed by atoms with Crippen molar-refractivity contribution in [1.82, 2.24) is 20.4 Å². The van der Waals surface area contributed by atoms with Crippen molar-refractivity contribution in [3.8, 4) is 0 Å². The summed E-state index contributed by atoms with van der Waals surface area (Å²) in [6.07, 6.45) is 6.73. The Hall–Kier alpha value is -3.00. The Bertz CT molecular complexity index is 1080. The molecule has 0 aliphatic heterocycles. The number of para-hydroxylation sites is 2. The molecule has 0 bridgehead atoms. The summed E-state index contributed by atoms with van der Waals surface area (Å²) in [7, 11) is 0. The number of hydrogen-bond acceptors (Lipinski definition) is 5. The second-order valence-electron chi connectivity index (χ2n) is 6.79. The standard InChI is InChI=1S/C20H20N4O3S/c25-18(12-24-15-8-5-4-7-14(15)21-11-19(24)26)22-23-20(27)17-10-13-6-2-1-3-9-16(13)28-17/h4-5,7-8,10-11H,1-3,6,9,12H2,(H,22,25)(H,23,27). The van der Waals surface area contributed by atoms with Crippen LogP contribution >= 0.6 is 11.3 Å². The van der Waals surface area contributed by atoms with Gasteiger partial charge in [0.15, 0.2) is 0 Å². The third-order valence-corrected chi connectivity index (χ3v) is 6.08. The normalized spacial score (nSPS) is 13.6. The summed E-state index contributed by atoms with van der Waals surface area (Å²) in [5, 5.41) is 0. The number of aryl methyl sites for hydroxylation is 2. The van der Waals surface area contributed by atoms with Crippen LogP contribution in [0.15, 0.2) is 41.3 Å². The average molecular weight is 396 g/mol. The number of amides is 2. The molecule has 8 heteroatoms. The molecule has 0 saturated carbocycles. The van der Waals surface area contributed by atoms with Gasteiger partial charge in [-0.05, 0) is 49.4 Å². The van der Waals surface area contributed by atoms with Crippen molar-refractivity contribution in [2.45, 2.75) is 38.6 Å². The number of aromatic nitrogens is 2. The van der Waals surface area contributed by atoms with Crippen LogP contribution in [0.4, 0.5) is 0 Å². The number of hydrazine groups is 1. The lowest BCUT2D eigenvalue weighted by Gasteiger charge is -2.10. The van der Waals surface area contributed by atoms with Gasteiger partial charge in [-0.15, -0.1) is 11.3 Å². The molecule has 0 saturated heterocycles. The fraction of sp³-hybridized carbons (Fsp3) is 0.300. The van der Waals surface area contributed by atoms with Crippen molar-refractivity contribution >= 4 is 34.2 Å². The lowest BCUT2D eigenvalue weighted by Crippen LogP contribution is -2.44. The van der Waals surface area contributed by atoms with Gasteiger partial charge >= 0.3 is 0 Å². The van der Waals surface area contributed by atoms with E-state index in [1.54, 1.807) is 18.2 Å². The van der Waals surface area contributed by atoms with Gasteiger partial charge in [0, 0.05) is 4.88 Å². The Morgan fingerprint density at radius 2 is 1.93 bits per heavy atom. The maximum atomic E-state index is 12.4. The molecule has 144 valence electrons. The summed E-state index contributed by atoms with van der Waals surface area (Å²) in [5.41, 5.74) is 6.92. The molecule has 4 rings (SSSR count). The predicted octanol–water partition coefficient (Wildman–Crippen LogP) is 2.19. The summed E-state index contributed by atoms with van der Waals surface area (Å²) >= 11 is 1.49. The van der Waals surface area contributed by atoms with E-state index in [9.17, 15) is 14.4 Å². The average Bonchev–Trinajstić information content (AvgIpc) is 2.99. The fourth-order valence-electron chi connectivity index (χ4n) is 3.43. The summed E-state index contributed by atoms with van der Waals surface area (Å²) in [5.74, 6) is -0.816. The van der Waals surface area contributed by atoms with Crippen LogP contribution in [0.3, 0.4) is 0 Å². The second-order valence-corrected chi connectivity index (χ2v) is 7.93. The van der Waals surface area contributed by atoms with Gasteiger partial charge in [0.25, 0.3) is 17.4 Å². The van der Waals surface area contributed by atoms with Crippen LogP contribution in [0.2, 0.25) is 0 Å². The Morgan fingerprint density at radius 3 is 2.82 bits per heavy atom. The Morgan fingerprint density at radius 1 is 1.11 bits per heavy atom.